The van der Waals surface area contributed by atoms with Gasteiger partial charge < -0.3 is 18.9 Å². The normalized spacial score (nSPS) is 43.8. The van der Waals surface area contributed by atoms with E-state index in [2.05, 4.69) is 13.8 Å². The summed E-state index contributed by atoms with van der Waals surface area (Å²) in [6, 6.07) is 0. The van der Waals surface area contributed by atoms with Crippen LogP contribution in [-0.2, 0) is 28.5 Å². The molecule has 0 radical (unpaired) electrons. The number of hydrogen-bond acceptors (Lipinski definition) is 6. The molecular weight excluding hydrogens is 384 g/mol. The molecule has 4 atom stereocenters. The highest BCUT2D eigenvalue weighted by Gasteiger charge is 2.46. The Bertz CT molecular complexity index is 573. The summed E-state index contributed by atoms with van der Waals surface area (Å²) in [4.78, 5) is 24.6. The van der Waals surface area contributed by atoms with Gasteiger partial charge in [0.15, 0.2) is 0 Å². The third-order valence-corrected chi connectivity index (χ3v) is 7.84. The van der Waals surface area contributed by atoms with Crippen LogP contribution in [0.4, 0.5) is 0 Å². The lowest BCUT2D eigenvalue weighted by molar-refractivity contribution is -0.153. The number of rotatable bonds is 0. The van der Waals surface area contributed by atoms with E-state index in [0.29, 0.717) is 50.7 Å². The van der Waals surface area contributed by atoms with E-state index in [0.717, 1.165) is 51.4 Å². The van der Waals surface area contributed by atoms with Crippen molar-refractivity contribution in [1.29, 1.82) is 0 Å². The molecule has 0 spiro atoms. The molecule has 6 nitrogen and oxygen atoms in total. The van der Waals surface area contributed by atoms with Crippen LogP contribution >= 0.6 is 0 Å². The predicted molar refractivity (Wildman–Crippen MR) is 111 cm³/mol. The number of hydrogen-bond donors (Lipinski definition) is 0. The standard InChI is InChI=1S/C24H38O6/c1-23-11-7-19(29-23)20-8-12-24(2,30-20)14-10-22(26)28-16-18-5-3-17(4-6-18)15-27-21(25)9-13-23/h17-20H,3-16H2,1-2H3. The molecule has 6 heteroatoms. The van der Waals surface area contributed by atoms with Crippen molar-refractivity contribution < 1.29 is 28.5 Å². The van der Waals surface area contributed by atoms with Crippen LogP contribution in [0.25, 0.3) is 0 Å². The third kappa shape index (κ3) is 5.56. The minimum Gasteiger partial charge on any atom is -0.465 e. The minimum absolute atomic E-state index is 0.0705. The minimum atomic E-state index is -0.283. The summed E-state index contributed by atoms with van der Waals surface area (Å²) in [6.45, 7) is 5.25. The van der Waals surface area contributed by atoms with Crippen molar-refractivity contribution in [2.75, 3.05) is 13.2 Å². The Labute approximate surface area is 180 Å². The number of esters is 2. The molecule has 4 unspecified atom stereocenters. The molecule has 5 fully saturated rings. The van der Waals surface area contributed by atoms with Gasteiger partial charge in [0.05, 0.1) is 36.6 Å². The van der Waals surface area contributed by atoms with Gasteiger partial charge >= 0.3 is 11.9 Å². The van der Waals surface area contributed by atoms with Gasteiger partial charge in [0.2, 0.25) is 0 Å². The van der Waals surface area contributed by atoms with Crippen molar-refractivity contribution in [3.8, 4) is 0 Å². The van der Waals surface area contributed by atoms with Crippen molar-refractivity contribution in [2.24, 2.45) is 11.8 Å². The molecule has 0 N–H and O–H groups in total. The highest BCUT2D eigenvalue weighted by Crippen LogP contribution is 2.42. The van der Waals surface area contributed by atoms with E-state index in [1.165, 1.54) is 0 Å². The molecule has 4 saturated heterocycles. The predicted octanol–water partition coefficient (Wildman–Crippen LogP) is 4.33. The maximum absolute atomic E-state index is 12.3. The quantitative estimate of drug-likeness (QED) is 0.541. The van der Waals surface area contributed by atoms with Crippen LogP contribution in [0.3, 0.4) is 0 Å². The fraction of sp³-hybridized carbons (Fsp3) is 0.917. The maximum Gasteiger partial charge on any atom is 0.305 e. The summed E-state index contributed by atoms with van der Waals surface area (Å²) in [7, 11) is 0. The second kappa shape index (κ2) is 9.15. The highest BCUT2D eigenvalue weighted by molar-refractivity contribution is 5.69. The van der Waals surface area contributed by atoms with Gasteiger partial charge in [0.25, 0.3) is 0 Å². The van der Waals surface area contributed by atoms with Crippen LogP contribution < -0.4 is 0 Å². The zero-order valence-electron chi connectivity index (χ0n) is 18.7. The zero-order valence-corrected chi connectivity index (χ0v) is 18.7. The molecule has 0 aromatic carbocycles. The molecule has 0 aromatic rings. The SMILES string of the molecule is CC12CCC(=O)OCC3CCC(CC3)COC(=O)CCC3(C)CCC(O3)C(CC1)O2. The first-order valence-corrected chi connectivity index (χ1v) is 12.0. The first kappa shape index (κ1) is 22.1. The van der Waals surface area contributed by atoms with Gasteiger partial charge in [0, 0.05) is 12.8 Å². The topological polar surface area (TPSA) is 71.1 Å². The second-order valence-electron chi connectivity index (χ2n) is 10.5. The fourth-order valence-corrected chi connectivity index (χ4v) is 5.62. The van der Waals surface area contributed by atoms with E-state index in [1.807, 2.05) is 0 Å². The molecule has 0 aromatic heterocycles. The maximum atomic E-state index is 12.3. The Hall–Kier alpha value is -1.14. The average Bonchev–Trinajstić information content (AvgIpc) is 3.32. The van der Waals surface area contributed by atoms with E-state index in [4.69, 9.17) is 18.9 Å². The average molecular weight is 423 g/mol. The summed E-state index contributed by atoms with van der Waals surface area (Å²) in [5.74, 6) is 0.640. The molecule has 0 amide bonds. The lowest BCUT2D eigenvalue weighted by atomic mass is 9.83. The van der Waals surface area contributed by atoms with Crippen LogP contribution in [0.2, 0.25) is 0 Å². The summed E-state index contributed by atoms with van der Waals surface area (Å²) < 4.78 is 24.0. The summed E-state index contributed by atoms with van der Waals surface area (Å²) >= 11 is 0. The summed E-state index contributed by atoms with van der Waals surface area (Å²) in [6.07, 6.45) is 10.3. The Balaban J connectivity index is 1.39. The van der Waals surface area contributed by atoms with Crippen molar-refractivity contribution >= 4 is 11.9 Å². The van der Waals surface area contributed by atoms with Crippen LogP contribution in [0, 0.1) is 11.8 Å². The van der Waals surface area contributed by atoms with E-state index in [1.54, 1.807) is 0 Å². The van der Waals surface area contributed by atoms with Crippen molar-refractivity contribution in [3.63, 3.8) is 0 Å². The molecule has 5 rings (SSSR count). The lowest BCUT2D eigenvalue weighted by Gasteiger charge is -2.30. The van der Waals surface area contributed by atoms with Gasteiger partial charge in [-0.15, -0.1) is 0 Å². The second-order valence-corrected chi connectivity index (χ2v) is 10.5. The number of ether oxygens (including phenoxy) is 4. The molecule has 30 heavy (non-hydrogen) atoms. The van der Waals surface area contributed by atoms with Crippen LogP contribution in [0.5, 0.6) is 0 Å². The molecule has 4 aliphatic heterocycles. The van der Waals surface area contributed by atoms with E-state index in [9.17, 15) is 9.59 Å². The smallest absolute Gasteiger partial charge is 0.305 e. The largest absolute Gasteiger partial charge is 0.465 e. The van der Waals surface area contributed by atoms with Gasteiger partial charge in [-0.1, -0.05) is 0 Å². The molecule has 4 heterocycles. The van der Waals surface area contributed by atoms with Gasteiger partial charge in [-0.2, -0.15) is 0 Å². The molecule has 1 aliphatic carbocycles. The van der Waals surface area contributed by atoms with Gasteiger partial charge in [-0.25, -0.2) is 0 Å². The fourth-order valence-electron chi connectivity index (χ4n) is 5.62. The Morgan fingerprint density at radius 1 is 0.633 bits per heavy atom. The summed E-state index contributed by atoms with van der Waals surface area (Å²) in [5, 5.41) is 0. The van der Waals surface area contributed by atoms with Crippen molar-refractivity contribution in [1.82, 2.24) is 0 Å². The van der Waals surface area contributed by atoms with E-state index >= 15 is 0 Å². The number of carbonyl (C=O) groups excluding carboxylic acids is 2. The molecule has 5 aliphatic rings. The van der Waals surface area contributed by atoms with Crippen LogP contribution in [-0.4, -0.2) is 48.6 Å². The highest BCUT2D eigenvalue weighted by atomic mass is 16.6. The first-order chi connectivity index (χ1) is 14.3. The van der Waals surface area contributed by atoms with E-state index < -0.39 is 0 Å². The van der Waals surface area contributed by atoms with Crippen LogP contribution in [0.1, 0.15) is 90.9 Å². The van der Waals surface area contributed by atoms with Gasteiger partial charge in [-0.3, -0.25) is 9.59 Å². The zero-order chi connectivity index (χ0) is 21.2. The van der Waals surface area contributed by atoms with Crippen LogP contribution in [0.15, 0.2) is 0 Å². The Morgan fingerprint density at radius 2 is 1.03 bits per heavy atom. The molecule has 6 bridgehead atoms. The Kier molecular flexibility index (Phi) is 6.73. The summed E-state index contributed by atoms with van der Waals surface area (Å²) in [5.41, 5.74) is -0.566. The molecule has 170 valence electrons. The van der Waals surface area contributed by atoms with Gasteiger partial charge in [-0.05, 0) is 89.9 Å². The molecule has 1 saturated carbocycles. The van der Waals surface area contributed by atoms with Crippen molar-refractivity contribution in [2.45, 2.75) is 114 Å². The number of carbonyl (C=O) groups is 2. The lowest BCUT2D eigenvalue weighted by Crippen LogP contribution is -2.34. The number of fused-ring (bicyclic) bond motifs is 10. The third-order valence-electron chi connectivity index (χ3n) is 7.84. The monoisotopic (exact) mass is 422 g/mol. The van der Waals surface area contributed by atoms with Gasteiger partial charge in [0.1, 0.15) is 0 Å². The van der Waals surface area contributed by atoms with Crippen molar-refractivity contribution in [3.05, 3.63) is 0 Å². The molecular formula is C24H38O6. The first-order valence-electron chi connectivity index (χ1n) is 12.0. The van der Waals surface area contributed by atoms with E-state index in [-0.39, 0.29) is 35.3 Å². The Morgan fingerprint density at radius 3 is 1.43 bits per heavy atom.